The van der Waals surface area contributed by atoms with Crippen molar-refractivity contribution in [2.24, 2.45) is 0 Å². The molecule has 1 N–H and O–H groups in total. The minimum Gasteiger partial charge on any atom is -0.508 e. The molecule has 1 aliphatic rings. The number of phenols is 1. The van der Waals surface area contributed by atoms with Crippen LogP contribution in [0.4, 0.5) is 0 Å². The van der Waals surface area contributed by atoms with Crippen LogP contribution in [0.2, 0.25) is 0 Å². The van der Waals surface area contributed by atoms with Gasteiger partial charge in [-0.25, -0.2) is 4.98 Å². The molecular formula is C20H26N2O2S. The summed E-state index contributed by atoms with van der Waals surface area (Å²) >= 11 is 1.58. The smallest absolute Gasteiger partial charge is 0.273 e. The number of aryl methyl sites for hydroxylation is 1. The maximum absolute atomic E-state index is 12.9. The fourth-order valence-electron chi connectivity index (χ4n) is 3.36. The average molecular weight is 359 g/mol. The zero-order valence-corrected chi connectivity index (χ0v) is 15.8. The van der Waals surface area contributed by atoms with Crippen molar-refractivity contribution in [1.82, 2.24) is 9.88 Å². The van der Waals surface area contributed by atoms with Crippen LogP contribution in [0.3, 0.4) is 0 Å². The zero-order chi connectivity index (χ0) is 17.8. The summed E-state index contributed by atoms with van der Waals surface area (Å²) in [6.45, 7) is 5.04. The topological polar surface area (TPSA) is 53.4 Å². The lowest BCUT2D eigenvalue weighted by molar-refractivity contribution is 0.0596. The number of aromatic nitrogens is 1. The van der Waals surface area contributed by atoms with E-state index in [0.717, 1.165) is 37.2 Å². The molecule has 1 aromatic heterocycles. The maximum Gasteiger partial charge on any atom is 0.273 e. The van der Waals surface area contributed by atoms with Crippen LogP contribution in [0.5, 0.6) is 5.75 Å². The summed E-state index contributed by atoms with van der Waals surface area (Å²) in [6.07, 6.45) is 5.19. The minimum absolute atomic E-state index is 0.0820. The van der Waals surface area contributed by atoms with Crippen molar-refractivity contribution in [3.63, 3.8) is 0 Å². The number of phenolic OH excluding ortho intramolecular Hbond substituents is 1. The summed E-state index contributed by atoms with van der Waals surface area (Å²) in [7, 11) is 0. The number of thiazole rings is 1. The van der Waals surface area contributed by atoms with E-state index < -0.39 is 0 Å². The van der Waals surface area contributed by atoms with Gasteiger partial charge in [0.15, 0.2) is 0 Å². The van der Waals surface area contributed by atoms with Crippen molar-refractivity contribution in [1.29, 1.82) is 0 Å². The van der Waals surface area contributed by atoms with Gasteiger partial charge in [0.05, 0.1) is 5.01 Å². The van der Waals surface area contributed by atoms with E-state index in [4.69, 9.17) is 0 Å². The largest absolute Gasteiger partial charge is 0.508 e. The highest BCUT2D eigenvalue weighted by atomic mass is 32.1. The van der Waals surface area contributed by atoms with Crippen LogP contribution in [0, 0.1) is 0 Å². The number of carbonyl (C=O) groups excluding carboxylic acids is 1. The first-order valence-electron chi connectivity index (χ1n) is 9.09. The molecule has 0 radical (unpaired) electrons. The first-order valence-corrected chi connectivity index (χ1v) is 9.97. The highest BCUT2D eigenvalue weighted by Gasteiger charge is 2.28. The minimum atomic E-state index is 0.0820. The number of likely N-dealkylation sites (tertiary alicyclic amines) is 1. The number of amides is 1. The van der Waals surface area contributed by atoms with Crippen molar-refractivity contribution in [3.8, 4) is 5.75 Å². The fraction of sp³-hybridized carbons (Fsp3) is 0.500. The highest BCUT2D eigenvalue weighted by Crippen LogP contribution is 2.26. The summed E-state index contributed by atoms with van der Waals surface area (Å²) < 4.78 is 0. The lowest BCUT2D eigenvalue weighted by Gasteiger charge is -2.35. The second-order valence-corrected chi connectivity index (χ2v) is 7.97. The first kappa shape index (κ1) is 17.9. The van der Waals surface area contributed by atoms with Gasteiger partial charge >= 0.3 is 0 Å². The Morgan fingerprint density at radius 2 is 2.08 bits per heavy atom. The van der Waals surface area contributed by atoms with Gasteiger partial charge in [0.2, 0.25) is 0 Å². The average Bonchev–Trinajstić information content (AvgIpc) is 3.11. The SMILES string of the molecule is CC(C)c1nc(C(=O)N2CCCC[C@H]2CCc2ccc(O)cc2)cs1. The van der Waals surface area contributed by atoms with Gasteiger partial charge in [0, 0.05) is 23.9 Å². The molecule has 0 bridgehead atoms. The Bertz CT molecular complexity index is 709. The van der Waals surface area contributed by atoms with E-state index in [2.05, 4.69) is 18.8 Å². The monoisotopic (exact) mass is 358 g/mol. The first-order chi connectivity index (χ1) is 12.0. The second kappa shape index (κ2) is 8.00. The van der Waals surface area contributed by atoms with Gasteiger partial charge in [-0.2, -0.15) is 0 Å². The molecule has 1 aromatic carbocycles. The number of hydrogen-bond donors (Lipinski definition) is 1. The van der Waals surface area contributed by atoms with E-state index in [1.165, 1.54) is 12.0 Å². The molecule has 5 heteroatoms. The molecular weight excluding hydrogens is 332 g/mol. The van der Waals surface area contributed by atoms with Crippen LogP contribution in [-0.2, 0) is 6.42 Å². The number of hydrogen-bond acceptors (Lipinski definition) is 4. The number of carbonyl (C=O) groups is 1. The Balaban J connectivity index is 1.67. The fourth-order valence-corrected chi connectivity index (χ4v) is 4.17. The standard InChI is InChI=1S/C20H26N2O2S/c1-14(2)19-21-18(13-25-19)20(24)22-12-4-3-5-16(22)9-6-15-7-10-17(23)11-8-15/h7-8,10-11,13-14,16,23H,3-6,9,12H2,1-2H3/t16-/m0/s1. The normalized spacial score (nSPS) is 17.9. The Labute approximate surface area is 153 Å². The molecule has 0 spiro atoms. The number of piperidine rings is 1. The summed E-state index contributed by atoms with van der Waals surface area (Å²) in [6, 6.07) is 7.64. The number of aromatic hydroxyl groups is 1. The van der Waals surface area contributed by atoms with Gasteiger partial charge in [0.25, 0.3) is 5.91 Å². The Morgan fingerprint density at radius 1 is 1.32 bits per heavy atom. The molecule has 0 saturated carbocycles. The van der Waals surface area contributed by atoms with Crippen molar-refractivity contribution < 1.29 is 9.90 Å². The van der Waals surface area contributed by atoms with Gasteiger partial charge in [-0.1, -0.05) is 26.0 Å². The van der Waals surface area contributed by atoms with Crippen LogP contribution in [0.1, 0.15) is 66.5 Å². The molecule has 0 unspecified atom stereocenters. The molecule has 0 aliphatic carbocycles. The molecule has 1 fully saturated rings. The highest BCUT2D eigenvalue weighted by molar-refractivity contribution is 7.09. The predicted octanol–water partition coefficient (Wildman–Crippen LogP) is 4.60. The van der Waals surface area contributed by atoms with Crippen LogP contribution in [-0.4, -0.2) is 33.5 Å². The van der Waals surface area contributed by atoms with Crippen LogP contribution in [0.15, 0.2) is 29.6 Å². The lowest BCUT2D eigenvalue weighted by atomic mass is 9.95. The lowest BCUT2D eigenvalue weighted by Crippen LogP contribution is -2.44. The van der Waals surface area contributed by atoms with Crippen LogP contribution < -0.4 is 0 Å². The molecule has 2 aromatic rings. The molecule has 134 valence electrons. The molecule has 4 nitrogen and oxygen atoms in total. The molecule has 1 saturated heterocycles. The van der Waals surface area contributed by atoms with E-state index in [-0.39, 0.29) is 11.9 Å². The summed E-state index contributed by atoms with van der Waals surface area (Å²) in [5.74, 6) is 0.736. The maximum atomic E-state index is 12.9. The Morgan fingerprint density at radius 3 is 2.76 bits per heavy atom. The second-order valence-electron chi connectivity index (χ2n) is 7.08. The van der Waals surface area contributed by atoms with Gasteiger partial charge < -0.3 is 10.0 Å². The molecule has 1 amide bonds. The van der Waals surface area contributed by atoms with Gasteiger partial charge in [0.1, 0.15) is 11.4 Å². The molecule has 1 atom stereocenters. The summed E-state index contributed by atoms with van der Waals surface area (Å²) in [4.78, 5) is 19.5. The Hall–Kier alpha value is -1.88. The van der Waals surface area contributed by atoms with Gasteiger partial charge in [-0.15, -0.1) is 11.3 Å². The van der Waals surface area contributed by atoms with E-state index in [1.807, 2.05) is 22.4 Å². The van der Waals surface area contributed by atoms with Crippen molar-refractivity contribution >= 4 is 17.2 Å². The van der Waals surface area contributed by atoms with Crippen LogP contribution in [0.25, 0.3) is 0 Å². The molecule has 2 heterocycles. The molecule has 1 aliphatic heterocycles. The molecule has 3 rings (SSSR count). The number of rotatable bonds is 5. The third kappa shape index (κ3) is 4.40. The summed E-state index contributed by atoms with van der Waals surface area (Å²) in [5.41, 5.74) is 1.80. The van der Waals surface area contributed by atoms with E-state index in [1.54, 1.807) is 23.5 Å². The number of benzene rings is 1. The van der Waals surface area contributed by atoms with Crippen molar-refractivity contribution in [2.45, 2.75) is 57.9 Å². The van der Waals surface area contributed by atoms with E-state index in [9.17, 15) is 9.90 Å². The Kier molecular flexibility index (Phi) is 5.74. The number of nitrogens with zero attached hydrogens (tertiary/aromatic N) is 2. The third-order valence-electron chi connectivity index (χ3n) is 4.83. The summed E-state index contributed by atoms with van der Waals surface area (Å²) in [5, 5.41) is 12.3. The van der Waals surface area contributed by atoms with Crippen LogP contribution >= 0.6 is 11.3 Å². The van der Waals surface area contributed by atoms with E-state index >= 15 is 0 Å². The van der Waals surface area contributed by atoms with Gasteiger partial charge in [-0.3, -0.25) is 4.79 Å². The van der Waals surface area contributed by atoms with Crippen molar-refractivity contribution in [2.75, 3.05) is 6.54 Å². The van der Waals surface area contributed by atoms with E-state index in [0.29, 0.717) is 17.4 Å². The predicted molar refractivity (Wildman–Crippen MR) is 101 cm³/mol. The quantitative estimate of drug-likeness (QED) is 0.850. The third-order valence-corrected chi connectivity index (χ3v) is 5.97. The van der Waals surface area contributed by atoms with Gasteiger partial charge in [-0.05, 0) is 49.8 Å². The van der Waals surface area contributed by atoms with Crippen molar-refractivity contribution in [3.05, 3.63) is 45.9 Å². The molecule has 25 heavy (non-hydrogen) atoms. The zero-order valence-electron chi connectivity index (χ0n) is 14.9.